The largest absolute Gasteiger partial charge is 0.510 e. The van der Waals surface area contributed by atoms with Crippen LogP contribution < -0.4 is 0 Å². The number of epoxide rings is 1. The second-order valence-electron chi connectivity index (χ2n) is 2.91. The molecule has 2 atom stereocenters. The molecule has 1 aliphatic heterocycles. The Bertz CT molecular complexity index is 322. The Morgan fingerprint density at radius 1 is 1.36 bits per heavy atom. The van der Waals surface area contributed by atoms with Crippen LogP contribution in [0.25, 0.3) is 0 Å². The van der Waals surface area contributed by atoms with E-state index in [1.165, 1.54) is 7.11 Å². The summed E-state index contributed by atoms with van der Waals surface area (Å²) < 4.78 is 14.3. The van der Waals surface area contributed by atoms with Gasteiger partial charge in [-0.15, -0.1) is 0 Å². The van der Waals surface area contributed by atoms with Gasteiger partial charge in [-0.25, -0.2) is 4.79 Å². The molecule has 0 radical (unpaired) electrons. The number of benzene rings is 1. The summed E-state index contributed by atoms with van der Waals surface area (Å²) in [5.74, 6) is 0. The van der Waals surface area contributed by atoms with Gasteiger partial charge in [0, 0.05) is 0 Å². The lowest BCUT2D eigenvalue weighted by atomic mass is 10.2. The Morgan fingerprint density at radius 2 is 2.07 bits per heavy atom. The third kappa shape index (κ3) is 1.85. The zero-order valence-corrected chi connectivity index (χ0v) is 7.67. The number of rotatable bonds is 2. The van der Waals surface area contributed by atoms with Crippen molar-refractivity contribution in [2.24, 2.45) is 0 Å². The molecule has 0 N–H and O–H groups in total. The quantitative estimate of drug-likeness (QED) is 0.532. The Kier molecular flexibility index (Phi) is 2.37. The molecule has 0 aromatic heterocycles. The second kappa shape index (κ2) is 3.67. The summed E-state index contributed by atoms with van der Waals surface area (Å²) in [4.78, 5) is 10.7. The third-order valence-corrected chi connectivity index (χ3v) is 1.96. The molecule has 0 spiro atoms. The molecule has 1 heterocycles. The lowest BCUT2D eigenvalue weighted by molar-refractivity contribution is 0.0359. The van der Waals surface area contributed by atoms with Crippen LogP contribution in [-0.4, -0.2) is 19.6 Å². The van der Waals surface area contributed by atoms with Crippen molar-refractivity contribution in [1.82, 2.24) is 0 Å². The number of carbonyl (C=O) groups is 1. The van der Waals surface area contributed by atoms with Gasteiger partial charge in [-0.3, -0.25) is 0 Å². The standard InChI is InChI=1S/C10H10O4/c1-12-10(11)14-9-8(13-9)7-5-3-2-4-6-7/h2-6,8-9H,1H3. The Hall–Kier alpha value is -1.55. The lowest BCUT2D eigenvalue weighted by Crippen LogP contribution is -2.07. The molecule has 1 saturated heterocycles. The number of methoxy groups -OCH3 is 1. The van der Waals surface area contributed by atoms with E-state index in [-0.39, 0.29) is 6.10 Å². The number of ether oxygens (including phenoxy) is 3. The summed E-state index contributed by atoms with van der Waals surface area (Å²) in [5.41, 5.74) is 1.00. The van der Waals surface area contributed by atoms with Gasteiger partial charge >= 0.3 is 6.16 Å². The molecule has 0 bridgehead atoms. The fourth-order valence-electron chi connectivity index (χ4n) is 1.21. The summed E-state index contributed by atoms with van der Waals surface area (Å²) >= 11 is 0. The van der Waals surface area contributed by atoms with Gasteiger partial charge in [0.25, 0.3) is 0 Å². The van der Waals surface area contributed by atoms with Crippen LogP contribution in [0.15, 0.2) is 30.3 Å². The van der Waals surface area contributed by atoms with Gasteiger partial charge in [0.05, 0.1) is 7.11 Å². The minimum Gasteiger partial charge on any atom is -0.438 e. The van der Waals surface area contributed by atoms with Gasteiger partial charge in [0.15, 0.2) is 0 Å². The summed E-state index contributed by atoms with van der Waals surface area (Å²) in [6.45, 7) is 0. The summed E-state index contributed by atoms with van der Waals surface area (Å²) in [5, 5.41) is 0. The Morgan fingerprint density at radius 3 is 2.71 bits per heavy atom. The topological polar surface area (TPSA) is 48.1 Å². The van der Waals surface area contributed by atoms with Crippen LogP contribution in [0.2, 0.25) is 0 Å². The molecule has 1 aliphatic rings. The lowest BCUT2D eigenvalue weighted by Gasteiger charge is -1.97. The minimum absolute atomic E-state index is 0.143. The molecule has 0 saturated carbocycles. The normalized spacial score (nSPS) is 24.1. The molecule has 2 rings (SSSR count). The van der Waals surface area contributed by atoms with Crippen LogP contribution in [0.5, 0.6) is 0 Å². The molecular weight excluding hydrogens is 184 g/mol. The van der Waals surface area contributed by atoms with Crippen molar-refractivity contribution in [3.8, 4) is 0 Å². The summed E-state index contributed by atoms with van der Waals surface area (Å²) in [7, 11) is 1.27. The maximum absolute atomic E-state index is 10.7. The predicted molar refractivity (Wildman–Crippen MR) is 47.5 cm³/mol. The highest BCUT2D eigenvalue weighted by molar-refractivity contribution is 5.60. The zero-order valence-electron chi connectivity index (χ0n) is 7.67. The van der Waals surface area contributed by atoms with E-state index in [1.807, 2.05) is 30.3 Å². The van der Waals surface area contributed by atoms with Crippen molar-refractivity contribution in [2.45, 2.75) is 12.4 Å². The first-order valence-electron chi connectivity index (χ1n) is 4.26. The van der Waals surface area contributed by atoms with E-state index in [9.17, 15) is 4.79 Å². The van der Waals surface area contributed by atoms with E-state index in [2.05, 4.69) is 4.74 Å². The fourth-order valence-corrected chi connectivity index (χ4v) is 1.21. The van der Waals surface area contributed by atoms with Crippen LogP contribution >= 0.6 is 0 Å². The average molecular weight is 194 g/mol. The first-order valence-corrected chi connectivity index (χ1v) is 4.26. The average Bonchev–Trinajstić information content (AvgIpc) is 2.98. The van der Waals surface area contributed by atoms with Crippen molar-refractivity contribution in [1.29, 1.82) is 0 Å². The van der Waals surface area contributed by atoms with Crippen molar-refractivity contribution >= 4 is 6.16 Å². The van der Waals surface area contributed by atoms with Crippen LogP contribution in [-0.2, 0) is 14.2 Å². The maximum Gasteiger partial charge on any atom is 0.510 e. The van der Waals surface area contributed by atoms with Crippen molar-refractivity contribution in [3.63, 3.8) is 0 Å². The van der Waals surface area contributed by atoms with Crippen LogP contribution in [0.3, 0.4) is 0 Å². The highest BCUT2D eigenvalue weighted by Gasteiger charge is 2.44. The zero-order chi connectivity index (χ0) is 9.97. The van der Waals surface area contributed by atoms with Gasteiger partial charge in [-0.05, 0) is 5.56 Å². The molecule has 2 unspecified atom stereocenters. The smallest absolute Gasteiger partial charge is 0.438 e. The first-order chi connectivity index (χ1) is 6.81. The highest BCUT2D eigenvalue weighted by atomic mass is 16.8. The van der Waals surface area contributed by atoms with Crippen LogP contribution in [0.1, 0.15) is 11.7 Å². The predicted octanol–water partition coefficient (Wildman–Crippen LogP) is 1.87. The van der Waals surface area contributed by atoms with Crippen molar-refractivity contribution in [2.75, 3.05) is 7.11 Å². The van der Waals surface area contributed by atoms with Crippen molar-refractivity contribution in [3.05, 3.63) is 35.9 Å². The first kappa shape index (κ1) is 9.02. The van der Waals surface area contributed by atoms with Gasteiger partial charge in [-0.1, -0.05) is 30.3 Å². The van der Waals surface area contributed by atoms with E-state index < -0.39 is 12.4 Å². The van der Waals surface area contributed by atoms with Crippen LogP contribution in [0.4, 0.5) is 4.79 Å². The molecule has 74 valence electrons. The SMILES string of the molecule is COC(=O)OC1OC1c1ccccc1. The number of hydrogen-bond donors (Lipinski definition) is 0. The van der Waals surface area contributed by atoms with E-state index in [0.29, 0.717) is 0 Å². The molecule has 0 aliphatic carbocycles. The molecular formula is C10H10O4. The van der Waals surface area contributed by atoms with E-state index in [0.717, 1.165) is 5.56 Å². The molecule has 14 heavy (non-hydrogen) atoms. The minimum atomic E-state index is -0.714. The second-order valence-corrected chi connectivity index (χ2v) is 2.91. The van der Waals surface area contributed by atoms with Crippen LogP contribution in [0, 0.1) is 0 Å². The molecule has 1 aromatic rings. The molecule has 4 nitrogen and oxygen atoms in total. The fraction of sp³-hybridized carbons (Fsp3) is 0.300. The number of hydrogen-bond acceptors (Lipinski definition) is 4. The Balaban J connectivity index is 1.91. The Labute approximate surface area is 81.4 Å². The highest BCUT2D eigenvalue weighted by Crippen LogP contribution is 2.39. The van der Waals surface area contributed by atoms with Gasteiger partial charge in [0.2, 0.25) is 6.29 Å². The van der Waals surface area contributed by atoms with Gasteiger partial charge in [-0.2, -0.15) is 0 Å². The molecule has 1 fully saturated rings. The van der Waals surface area contributed by atoms with E-state index >= 15 is 0 Å². The van der Waals surface area contributed by atoms with Gasteiger partial charge < -0.3 is 14.2 Å². The molecule has 4 heteroatoms. The summed E-state index contributed by atoms with van der Waals surface area (Å²) in [6, 6.07) is 9.58. The summed E-state index contributed by atoms with van der Waals surface area (Å²) in [6.07, 6.45) is -1.35. The van der Waals surface area contributed by atoms with E-state index in [4.69, 9.17) is 9.47 Å². The number of carbonyl (C=O) groups excluding carboxylic acids is 1. The molecule has 1 aromatic carbocycles. The maximum atomic E-state index is 10.7. The van der Waals surface area contributed by atoms with Gasteiger partial charge in [0.1, 0.15) is 6.10 Å². The van der Waals surface area contributed by atoms with E-state index in [1.54, 1.807) is 0 Å². The monoisotopic (exact) mass is 194 g/mol. The third-order valence-electron chi connectivity index (χ3n) is 1.96. The molecule has 0 amide bonds. The van der Waals surface area contributed by atoms with Crippen molar-refractivity contribution < 1.29 is 19.0 Å².